The van der Waals surface area contributed by atoms with E-state index in [1.165, 1.54) is 29.9 Å². The summed E-state index contributed by atoms with van der Waals surface area (Å²) in [5.41, 5.74) is 2.61. The minimum absolute atomic E-state index is 0.00680. The molecule has 0 radical (unpaired) electrons. The van der Waals surface area contributed by atoms with Gasteiger partial charge in [0.15, 0.2) is 0 Å². The molecule has 198 valence electrons. The van der Waals surface area contributed by atoms with Crippen LogP contribution in [-0.2, 0) is 0 Å². The molecule has 1 saturated carbocycles. The summed E-state index contributed by atoms with van der Waals surface area (Å²) < 4.78 is 1.38. The Kier molecular flexibility index (Phi) is 8.29. The third-order valence-electron chi connectivity index (χ3n) is 6.98. The quantitative estimate of drug-likeness (QED) is 0.318. The van der Waals surface area contributed by atoms with Crippen LogP contribution in [-0.4, -0.2) is 44.7 Å². The third kappa shape index (κ3) is 6.33. The molecule has 8 nitrogen and oxygen atoms in total. The molecule has 2 aromatic carbocycles. The van der Waals surface area contributed by atoms with E-state index in [1.54, 1.807) is 18.5 Å². The predicted molar refractivity (Wildman–Crippen MR) is 152 cm³/mol. The molecular formula is C31H31N5O3. The van der Waals surface area contributed by atoms with Gasteiger partial charge in [0, 0.05) is 17.8 Å². The van der Waals surface area contributed by atoms with E-state index in [0.29, 0.717) is 6.04 Å². The number of hydrogen-bond acceptors (Lipinski definition) is 6. The van der Waals surface area contributed by atoms with E-state index in [9.17, 15) is 14.7 Å². The molecule has 1 fully saturated rings. The Bertz CT molecular complexity index is 1570. The lowest BCUT2D eigenvalue weighted by molar-refractivity contribution is 0.0956. The number of nitrogens with zero attached hydrogens (tertiary/aromatic N) is 3. The largest absolute Gasteiger partial charge is 0.394 e. The average molecular weight is 522 g/mol. The molecule has 1 aliphatic carbocycles. The fourth-order valence-corrected chi connectivity index (χ4v) is 4.94. The van der Waals surface area contributed by atoms with Gasteiger partial charge in [0.2, 0.25) is 0 Å². The highest BCUT2D eigenvalue weighted by Crippen LogP contribution is 2.22. The van der Waals surface area contributed by atoms with Gasteiger partial charge in [0.1, 0.15) is 11.4 Å². The molecule has 3 N–H and O–H groups in total. The third-order valence-corrected chi connectivity index (χ3v) is 6.98. The minimum Gasteiger partial charge on any atom is -0.394 e. The summed E-state index contributed by atoms with van der Waals surface area (Å²) in [5, 5.41) is 16.1. The maximum absolute atomic E-state index is 13.1. The number of fused-ring (bicyclic) bond motifs is 1. The zero-order valence-electron chi connectivity index (χ0n) is 21.6. The highest BCUT2D eigenvalue weighted by atomic mass is 16.3. The first-order chi connectivity index (χ1) is 19.1. The maximum atomic E-state index is 13.1. The number of pyridine rings is 1. The van der Waals surface area contributed by atoms with Crippen molar-refractivity contribution in [1.82, 2.24) is 19.9 Å². The molecule has 0 spiro atoms. The van der Waals surface area contributed by atoms with Gasteiger partial charge in [0.25, 0.3) is 11.5 Å². The van der Waals surface area contributed by atoms with Crippen LogP contribution in [0.5, 0.6) is 0 Å². The molecule has 1 amide bonds. The second-order valence-corrected chi connectivity index (χ2v) is 9.67. The van der Waals surface area contributed by atoms with E-state index < -0.39 is 17.5 Å². The van der Waals surface area contributed by atoms with E-state index in [2.05, 4.69) is 27.5 Å². The molecule has 1 atom stereocenters. The Morgan fingerprint density at radius 2 is 1.87 bits per heavy atom. The van der Waals surface area contributed by atoms with Crippen molar-refractivity contribution >= 4 is 22.8 Å². The predicted octanol–water partition coefficient (Wildman–Crippen LogP) is 3.90. The van der Waals surface area contributed by atoms with E-state index in [4.69, 9.17) is 4.98 Å². The molecule has 5 rings (SSSR count). The molecule has 8 heteroatoms. The zero-order chi connectivity index (χ0) is 27.0. The van der Waals surface area contributed by atoms with Gasteiger partial charge in [-0.05, 0) is 48.7 Å². The Morgan fingerprint density at radius 3 is 2.67 bits per heavy atom. The van der Waals surface area contributed by atoms with Crippen LogP contribution in [0.25, 0.3) is 11.0 Å². The van der Waals surface area contributed by atoms with Gasteiger partial charge in [0.05, 0.1) is 36.4 Å². The van der Waals surface area contributed by atoms with Crippen LogP contribution in [0.2, 0.25) is 0 Å². The van der Waals surface area contributed by atoms with Crippen molar-refractivity contribution < 1.29 is 9.90 Å². The number of carbonyl (C=O) groups is 1. The van der Waals surface area contributed by atoms with Gasteiger partial charge in [-0.1, -0.05) is 61.4 Å². The standard InChI is InChI=1S/C31H31N5O3/c37-21-28(23-10-3-1-4-11-23)36-18-8-14-25(31(36)39)30(38)32-17-7-9-22-15-16-26-27(19-22)35-29(20-33-26)34-24-12-5-2-6-13-24/h1,3-4,8,10-11,14-16,18-20,24,28,37H,2,5-6,12-13,17,21H2,(H,32,38)(H,34,35)/t28-/m1/s1. The summed E-state index contributed by atoms with van der Waals surface area (Å²) in [6.07, 6.45) is 9.44. The normalized spacial score (nSPS) is 14.3. The maximum Gasteiger partial charge on any atom is 0.264 e. The number of aliphatic hydroxyl groups is 1. The Balaban J connectivity index is 1.25. The lowest BCUT2D eigenvalue weighted by atomic mass is 9.95. The second kappa shape index (κ2) is 12.4. The van der Waals surface area contributed by atoms with Crippen LogP contribution in [0.15, 0.2) is 77.9 Å². The number of nitrogens with one attached hydrogen (secondary N) is 2. The van der Waals surface area contributed by atoms with E-state index in [0.717, 1.165) is 40.8 Å². The number of aromatic nitrogens is 3. The smallest absolute Gasteiger partial charge is 0.264 e. The zero-order valence-corrected chi connectivity index (χ0v) is 21.6. The average Bonchev–Trinajstić information content (AvgIpc) is 2.97. The first-order valence-corrected chi connectivity index (χ1v) is 13.3. The van der Waals surface area contributed by atoms with Gasteiger partial charge >= 0.3 is 0 Å². The highest BCUT2D eigenvalue weighted by molar-refractivity contribution is 5.94. The van der Waals surface area contributed by atoms with Crippen LogP contribution in [0.1, 0.15) is 59.6 Å². The summed E-state index contributed by atoms with van der Waals surface area (Å²) in [4.78, 5) is 35.1. The van der Waals surface area contributed by atoms with Gasteiger partial charge in [-0.25, -0.2) is 4.98 Å². The first kappa shape index (κ1) is 26.1. The molecule has 39 heavy (non-hydrogen) atoms. The fraction of sp³-hybridized carbons (Fsp3) is 0.290. The summed E-state index contributed by atoms with van der Waals surface area (Å²) in [6.45, 7) is -0.197. The van der Waals surface area contributed by atoms with Crippen molar-refractivity contribution in [2.45, 2.75) is 44.2 Å². The van der Waals surface area contributed by atoms with Crippen molar-refractivity contribution in [1.29, 1.82) is 0 Å². The topological polar surface area (TPSA) is 109 Å². The fourth-order valence-electron chi connectivity index (χ4n) is 4.94. The molecule has 0 aliphatic heterocycles. The van der Waals surface area contributed by atoms with Crippen molar-refractivity contribution in [3.8, 4) is 11.8 Å². The number of benzene rings is 2. The Morgan fingerprint density at radius 1 is 1.05 bits per heavy atom. The molecule has 0 saturated heterocycles. The molecule has 2 heterocycles. The lowest BCUT2D eigenvalue weighted by Crippen LogP contribution is -2.35. The molecular weight excluding hydrogens is 490 g/mol. The van der Waals surface area contributed by atoms with Crippen molar-refractivity contribution in [3.63, 3.8) is 0 Å². The minimum atomic E-state index is -0.583. The van der Waals surface area contributed by atoms with Crippen molar-refractivity contribution in [2.24, 2.45) is 0 Å². The monoisotopic (exact) mass is 521 g/mol. The van der Waals surface area contributed by atoms with Crippen molar-refractivity contribution in [2.75, 3.05) is 18.5 Å². The molecule has 0 unspecified atom stereocenters. The Labute approximate surface area is 227 Å². The summed E-state index contributed by atoms with van der Waals surface area (Å²) in [6, 6.07) is 17.8. The highest BCUT2D eigenvalue weighted by Gasteiger charge is 2.18. The van der Waals surface area contributed by atoms with Gasteiger partial charge in [-0.2, -0.15) is 0 Å². The lowest BCUT2D eigenvalue weighted by Gasteiger charge is -2.23. The number of carbonyl (C=O) groups excluding carboxylic acids is 1. The number of hydrogen-bond donors (Lipinski definition) is 3. The second-order valence-electron chi connectivity index (χ2n) is 9.67. The van der Waals surface area contributed by atoms with Gasteiger partial charge < -0.3 is 20.3 Å². The summed E-state index contributed by atoms with van der Waals surface area (Å²) in [7, 11) is 0. The molecule has 0 bridgehead atoms. The number of aliphatic hydroxyl groups excluding tert-OH is 1. The van der Waals surface area contributed by atoms with Crippen LogP contribution in [0.3, 0.4) is 0 Å². The number of amides is 1. The first-order valence-electron chi connectivity index (χ1n) is 13.3. The van der Waals surface area contributed by atoms with E-state index in [-0.39, 0.29) is 18.7 Å². The van der Waals surface area contributed by atoms with Gasteiger partial charge in [-0.3, -0.25) is 14.6 Å². The summed E-state index contributed by atoms with van der Waals surface area (Å²) in [5.74, 6) is 6.25. The summed E-state index contributed by atoms with van der Waals surface area (Å²) >= 11 is 0. The van der Waals surface area contributed by atoms with Crippen LogP contribution in [0, 0.1) is 11.8 Å². The molecule has 1 aliphatic rings. The van der Waals surface area contributed by atoms with Crippen LogP contribution in [0.4, 0.5) is 5.82 Å². The SMILES string of the molecule is O=C(NCC#Cc1ccc2ncc(NC3CCCCC3)nc2c1)c1cccn([C@H](CO)c2ccccc2)c1=O. The van der Waals surface area contributed by atoms with Crippen LogP contribution < -0.4 is 16.2 Å². The Hall–Kier alpha value is -4.48. The number of rotatable bonds is 7. The van der Waals surface area contributed by atoms with E-state index >= 15 is 0 Å². The molecule has 2 aromatic heterocycles. The van der Waals surface area contributed by atoms with Crippen LogP contribution >= 0.6 is 0 Å². The van der Waals surface area contributed by atoms with Gasteiger partial charge in [-0.15, -0.1) is 0 Å². The van der Waals surface area contributed by atoms with Crippen molar-refractivity contribution in [3.05, 3.63) is 100 Å². The number of anilines is 1. The molecule has 4 aromatic rings. The van der Waals surface area contributed by atoms with E-state index in [1.807, 2.05) is 48.5 Å².